The van der Waals surface area contributed by atoms with Crippen LogP contribution in [0.25, 0.3) is 0 Å². The Labute approximate surface area is 58.1 Å². The van der Waals surface area contributed by atoms with Crippen LogP contribution in [0.1, 0.15) is 5.69 Å². The number of aryl methyl sites for hydroxylation is 1. The Hall–Kier alpha value is -1.03. The number of hydrogen-bond donors (Lipinski definition) is 2. The first-order valence-corrected chi connectivity index (χ1v) is 3.10. The third-order valence-corrected chi connectivity index (χ3v) is 1.32. The van der Waals surface area contributed by atoms with Gasteiger partial charge in [-0.2, -0.15) is 0 Å². The second-order valence-corrected chi connectivity index (χ2v) is 2.15. The van der Waals surface area contributed by atoms with Gasteiger partial charge in [-0.05, 0) is 0 Å². The van der Waals surface area contributed by atoms with Gasteiger partial charge < -0.3 is 5.11 Å². The largest absolute Gasteiger partial charge is 0.396 e. The first-order valence-electron chi connectivity index (χ1n) is 3.10. The lowest BCUT2D eigenvalue weighted by Gasteiger charge is -1.89. The summed E-state index contributed by atoms with van der Waals surface area (Å²) >= 11 is 0. The van der Waals surface area contributed by atoms with Crippen LogP contribution in [0.5, 0.6) is 0 Å². The molecular formula is C6H10N2O2. The predicted octanol–water partition coefficient (Wildman–Crippen LogP) is -0.752. The van der Waals surface area contributed by atoms with Crippen molar-refractivity contribution in [3.8, 4) is 0 Å². The SMILES string of the molecule is Cn1[nH]c(CCO)cc1=O. The Morgan fingerprint density at radius 2 is 2.50 bits per heavy atom. The van der Waals surface area contributed by atoms with E-state index in [9.17, 15) is 4.79 Å². The molecule has 0 aliphatic heterocycles. The molecule has 1 heterocycles. The van der Waals surface area contributed by atoms with Crippen molar-refractivity contribution in [2.45, 2.75) is 6.42 Å². The van der Waals surface area contributed by atoms with E-state index in [2.05, 4.69) is 5.10 Å². The third kappa shape index (κ3) is 1.27. The molecule has 4 nitrogen and oxygen atoms in total. The van der Waals surface area contributed by atoms with E-state index in [0.717, 1.165) is 5.69 Å². The highest BCUT2D eigenvalue weighted by Gasteiger charge is 1.96. The first-order chi connectivity index (χ1) is 4.74. The van der Waals surface area contributed by atoms with E-state index in [1.165, 1.54) is 10.7 Å². The summed E-state index contributed by atoms with van der Waals surface area (Å²) < 4.78 is 1.38. The van der Waals surface area contributed by atoms with Crippen LogP contribution in [-0.4, -0.2) is 21.5 Å². The molecule has 0 spiro atoms. The van der Waals surface area contributed by atoms with Crippen molar-refractivity contribution >= 4 is 0 Å². The molecule has 0 atom stereocenters. The van der Waals surface area contributed by atoms with Crippen LogP contribution < -0.4 is 5.56 Å². The Morgan fingerprint density at radius 3 is 2.90 bits per heavy atom. The van der Waals surface area contributed by atoms with Gasteiger partial charge in [0.25, 0.3) is 5.56 Å². The number of nitrogens with zero attached hydrogens (tertiary/aromatic N) is 1. The average Bonchev–Trinajstić information content (AvgIpc) is 2.14. The molecule has 0 saturated carbocycles. The fraction of sp³-hybridized carbons (Fsp3) is 0.500. The third-order valence-electron chi connectivity index (χ3n) is 1.32. The zero-order valence-corrected chi connectivity index (χ0v) is 5.79. The molecule has 4 heteroatoms. The number of aromatic amines is 1. The van der Waals surface area contributed by atoms with Crippen molar-refractivity contribution in [2.75, 3.05) is 6.61 Å². The van der Waals surface area contributed by atoms with Gasteiger partial charge >= 0.3 is 0 Å². The molecule has 0 radical (unpaired) electrons. The molecule has 0 unspecified atom stereocenters. The van der Waals surface area contributed by atoms with Crippen molar-refractivity contribution < 1.29 is 5.11 Å². The lowest BCUT2D eigenvalue weighted by Crippen LogP contribution is -2.09. The fourth-order valence-electron chi connectivity index (χ4n) is 0.797. The molecule has 1 aromatic rings. The quantitative estimate of drug-likeness (QED) is 0.570. The minimum Gasteiger partial charge on any atom is -0.396 e. The Morgan fingerprint density at radius 1 is 1.80 bits per heavy atom. The Bertz CT molecular complexity index is 261. The Kier molecular flexibility index (Phi) is 1.91. The van der Waals surface area contributed by atoms with Crippen LogP contribution in [0, 0.1) is 0 Å². The van der Waals surface area contributed by atoms with Crippen molar-refractivity contribution in [3.63, 3.8) is 0 Å². The summed E-state index contributed by atoms with van der Waals surface area (Å²) in [6.07, 6.45) is 0.510. The number of aliphatic hydroxyl groups excluding tert-OH is 1. The van der Waals surface area contributed by atoms with Crippen molar-refractivity contribution in [1.29, 1.82) is 0 Å². The van der Waals surface area contributed by atoms with Crippen LogP contribution in [0.3, 0.4) is 0 Å². The van der Waals surface area contributed by atoms with E-state index in [0.29, 0.717) is 6.42 Å². The van der Waals surface area contributed by atoms with Gasteiger partial charge in [0.05, 0.1) is 0 Å². The number of hydrogen-bond acceptors (Lipinski definition) is 2. The topological polar surface area (TPSA) is 58.0 Å². The number of rotatable bonds is 2. The van der Waals surface area contributed by atoms with Gasteiger partial charge in [-0.25, -0.2) is 0 Å². The van der Waals surface area contributed by atoms with E-state index >= 15 is 0 Å². The van der Waals surface area contributed by atoms with Gasteiger partial charge in [0.1, 0.15) is 0 Å². The highest BCUT2D eigenvalue weighted by molar-refractivity contribution is 4.98. The lowest BCUT2D eigenvalue weighted by atomic mass is 10.3. The van der Waals surface area contributed by atoms with Gasteiger partial charge in [0.2, 0.25) is 0 Å². The lowest BCUT2D eigenvalue weighted by molar-refractivity contribution is 0.298. The monoisotopic (exact) mass is 142 g/mol. The summed E-state index contributed by atoms with van der Waals surface area (Å²) in [5, 5.41) is 11.3. The minimum absolute atomic E-state index is 0.0662. The minimum atomic E-state index is -0.0662. The average molecular weight is 142 g/mol. The standard InChI is InChI=1S/C6H10N2O2/c1-8-6(10)4-5(7-8)2-3-9/h4,7,9H,2-3H2,1H3. The second-order valence-electron chi connectivity index (χ2n) is 2.15. The first kappa shape index (κ1) is 7.08. The van der Waals surface area contributed by atoms with Gasteiger partial charge in [-0.15, -0.1) is 0 Å². The molecule has 2 N–H and O–H groups in total. The van der Waals surface area contributed by atoms with Gasteiger partial charge in [-0.1, -0.05) is 0 Å². The fourth-order valence-corrected chi connectivity index (χ4v) is 0.797. The Balaban J connectivity index is 2.88. The van der Waals surface area contributed by atoms with Crippen molar-refractivity contribution in [2.24, 2.45) is 7.05 Å². The molecule has 0 saturated heterocycles. The molecule has 0 fully saturated rings. The highest BCUT2D eigenvalue weighted by Crippen LogP contribution is 1.88. The van der Waals surface area contributed by atoms with E-state index in [1.54, 1.807) is 7.05 Å². The maximum atomic E-state index is 10.8. The normalized spacial score (nSPS) is 10.2. The zero-order chi connectivity index (χ0) is 7.56. The summed E-state index contributed by atoms with van der Waals surface area (Å²) in [5.41, 5.74) is 0.707. The molecular weight excluding hydrogens is 132 g/mol. The molecule has 56 valence electrons. The van der Waals surface area contributed by atoms with Crippen molar-refractivity contribution in [1.82, 2.24) is 9.78 Å². The molecule has 10 heavy (non-hydrogen) atoms. The van der Waals surface area contributed by atoms with E-state index in [4.69, 9.17) is 5.11 Å². The molecule has 0 amide bonds. The summed E-state index contributed by atoms with van der Waals surface area (Å²) in [5.74, 6) is 0. The maximum absolute atomic E-state index is 10.8. The summed E-state index contributed by atoms with van der Waals surface area (Å²) in [4.78, 5) is 10.8. The molecule has 1 aromatic heterocycles. The number of aromatic nitrogens is 2. The van der Waals surface area contributed by atoms with Crippen LogP contribution in [0.15, 0.2) is 10.9 Å². The van der Waals surface area contributed by atoms with E-state index in [-0.39, 0.29) is 12.2 Å². The summed E-state index contributed by atoms with van der Waals surface area (Å²) in [6.45, 7) is 0.0694. The van der Waals surface area contributed by atoms with Gasteiger partial charge in [0.15, 0.2) is 0 Å². The molecule has 0 aliphatic carbocycles. The highest BCUT2D eigenvalue weighted by atomic mass is 16.3. The number of nitrogens with one attached hydrogen (secondary N) is 1. The van der Waals surface area contributed by atoms with Crippen LogP contribution in [0.2, 0.25) is 0 Å². The van der Waals surface area contributed by atoms with E-state index in [1.807, 2.05) is 0 Å². The van der Waals surface area contributed by atoms with Gasteiger partial charge in [-0.3, -0.25) is 14.6 Å². The summed E-state index contributed by atoms with van der Waals surface area (Å²) in [6, 6.07) is 1.48. The molecule has 1 rings (SSSR count). The van der Waals surface area contributed by atoms with E-state index < -0.39 is 0 Å². The molecule has 0 aromatic carbocycles. The zero-order valence-electron chi connectivity index (χ0n) is 5.79. The smallest absolute Gasteiger partial charge is 0.266 e. The maximum Gasteiger partial charge on any atom is 0.266 e. The second kappa shape index (κ2) is 2.70. The van der Waals surface area contributed by atoms with Gasteiger partial charge in [0, 0.05) is 31.8 Å². The summed E-state index contributed by atoms with van der Waals surface area (Å²) in [7, 11) is 1.64. The van der Waals surface area contributed by atoms with Crippen LogP contribution in [-0.2, 0) is 13.5 Å². The predicted molar refractivity (Wildman–Crippen MR) is 36.8 cm³/mol. The molecule has 0 aliphatic rings. The number of H-pyrrole nitrogens is 1. The van der Waals surface area contributed by atoms with Crippen LogP contribution in [0.4, 0.5) is 0 Å². The number of aliphatic hydroxyl groups is 1. The van der Waals surface area contributed by atoms with Crippen molar-refractivity contribution in [3.05, 3.63) is 22.1 Å². The van der Waals surface area contributed by atoms with Crippen LogP contribution >= 0.6 is 0 Å². The molecule has 0 bridgehead atoms.